The predicted molar refractivity (Wildman–Crippen MR) is 91.9 cm³/mol. The minimum Gasteiger partial charge on any atom is -0.489 e. The zero-order valence-corrected chi connectivity index (χ0v) is 14.1. The average molecular weight is 381 g/mol. The van der Waals surface area contributed by atoms with E-state index >= 15 is 0 Å². The van der Waals surface area contributed by atoms with Gasteiger partial charge in [0.15, 0.2) is 0 Å². The van der Waals surface area contributed by atoms with Crippen LogP contribution in [0.15, 0.2) is 48.5 Å². The maximum atomic E-state index is 5.79. The highest BCUT2D eigenvalue weighted by Gasteiger charge is 1.98. The Balaban J connectivity index is 1.85. The Kier molecular flexibility index (Phi) is 5.86. The third kappa shape index (κ3) is 5.13. The van der Waals surface area contributed by atoms with E-state index in [9.17, 15) is 0 Å². The van der Waals surface area contributed by atoms with Gasteiger partial charge in [-0.2, -0.15) is 0 Å². The molecule has 0 fully saturated rings. The van der Waals surface area contributed by atoms with Crippen LogP contribution in [0, 0.1) is 3.57 Å². The van der Waals surface area contributed by atoms with Crippen molar-refractivity contribution in [2.24, 2.45) is 0 Å². The number of nitrogens with one attached hydrogen (secondary N) is 1. The largest absolute Gasteiger partial charge is 0.489 e. The van der Waals surface area contributed by atoms with E-state index in [0.29, 0.717) is 12.6 Å². The first-order chi connectivity index (χ1) is 9.63. The van der Waals surface area contributed by atoms with Crippen LogP contribution in [0.2, 0.25) is 0 Å². The fourth-order valence-electron chi connectivity index (χ4n) is 1.77. The molecule has 2 rings (SSSR count). The number of ether oxygens (including phenoxy) is 1. The zero-order valence-electron chi connectivity index (χ0n) is 11.9. The van der Waals surface area contributed by atoms with Gasteiger partial charge in [0.1, 0.15) is 12.4 Å². The Labute approximate surface area is 134 Å². The highest BCUT2D eigenvalue weighted by atomic mass is 127. The number of rotatable bonds is 6. The molecule has 2 aromatic rings. The monoisotopic (exact) mass is 381 g/mol. The number of hydrogen-bond donors (Lipinski definition) is 1. The molecule has 0 aromatic heterocycles. The lowest BCUT2D eigenvalue weighted by Gasteiger charge is -2.10. The van der Waals surface area contributed by atoms with Crippen molar-refractivity contribution in [3.63, 3.8) is 0 Å². The molecule has 0 amide bonds. The van der Waals surface area contributed by atoms with Crippen molar-refractivity contribution in [3.8, 4) is 5.75 Å². The summed E-state index contributed by atoms with van der Waals surface area (Å²) in [6, 6.07) is 17.2. The Hall–Kier alpha value is -1.07. The van der Waals surface area contributed by atoms with Crippen molar-refractivity contribution in [1.29, 1.82) is 0 Å². The van der Waals surface area contributed by atoms with Gasteiger partial charge in [-0.15, -0.1) is 0 Å². The van der Waals surface area contributed by atoms with E-state index in [1.54, 1.807) is 0 Å². The van der Waals surface area contributed by atoms with Crippen LogP contribution in [0.3, 0.4) is 0 Å². The van der Waals surface area contributed by atoms with Crippen LogP contribution < -0.4 is 10.1 Å². The molecule has 2 aromatic carbocycles. The van der Waals surface area contributed by atoms with E-state index in [2.05, 4.69) is 78.2 Å². The molecular formula is C17H20INO. The van der Waals surface area contributed by atoms with Crippen LogP contribution in [0.5, 0.6) is 5.75 Å². The zero-order chi connectivity index (χ0) is 14.4. The summed E-state index contributed by atoms with van der Waals surface area (Å²) in [5.74, 6) is 0.914. The molecule has 0 heterocycles. The molecule has 0 radical (unpaired) electrons. The second-order valence-corrected chi connectivity index (χ2v) is 6.34. The van der Waals surface area contributed by atoms with Gasteiger partial charge in [-0.3, -0.25) is 0 Å². The van der Waals surface area contributed by atoms with Crippen molar-refractivity contribution in [2.45, 2.75) is 33.0 Å². The molecule has 106 valence electrons. The van der Waals surface area contributed by atoms with Crippen molar-refractivity contribution in [2.75, 3.05) is 0 Å². The maximum Gasteiger partial charge on any atom is 0.119 e. The Morgan fingerprint density at radius 2 is 1.55 bits per heavy atom. The molecule has 0 bridgehead atoms. The molecule has 0 saturated carbocycles. The minimum atomic E-state index is 0.506. The topological polar surface area (TPSA) is 21.3 Å². The number of hydrogen-bond acceptors (Lipinski definition) is 2. The second-order valence-electron chi connectivity index (χ2n) is 5.09. The molecule has 20 heavy (non-hydrogen) atoms. The minimum absolute atomic E-state index is 0.506. The molecule has 0 saturated heterocycles. The first kappa shape index (κ1) is 15.3. The van der Waals surface area contributed by atoms with E-state index in [1.807, 2.05) is 12.1 Å². The molecular weight excluding hydrogens is 361 g/mol. The normalized spacial score (nSPS) is 10.8. The summed E-state index contributed by atoms with van der Waals surface area (Å²) >= 11 is 2.31. The van der Waals surface area contributed by atoms with Crippen molar-refractivity contribution in [1.82, 2.24) is 5.32 Å². The van der Waals surface area contributed by atoms with Crippen LogP contribution in [-0.2, 0) is 13.2 Å². The van der Waals surface area contributed by atoms with E-state index in [4.69, 9.17) is 4.74 Å². The highest BCUT2D eigenvalue weighted by Crippen LogP contribution is 2.15. The molecule has 0 aliphatic carbocycles. The van der Waals surface area contributed by atoms with Crippen molar-refractivity contribution < 1.29 is 4.74 Å². The van der Waals surface area contributed by atoms with Crippen LogP contribution in [0.25, 0.3) is 0 Å². The molecule has 0 atom stereocenters. The summed E-state index contributed by atoms with van der Waals surface area (Å²) in [7, 11) is 0. The van der Waals surface area contributed by atoms with Gasteiger partial charge >= 0.3 is 0 Å². The predicted octanol–water partition coefficient (Wildman–Crippen LogP) is 4.37. The van der Waals surface area contributed by atoms with Gasteiger partial charge in [0.05, 0.1) is 0 Å². The molecule has 0 aliphatic heterocycles. The fourth-order valence-corrected chi connectivity index (χ4v) is 2.13. The molecule has 0 unspecified atom stereocenters. The lowest BCUT2D eigenvalue weighted by molar-refractivity contribution is 0.306. The molecule has 1 N–H and O–H groups in total. The lowest BCUT2D eigenvalue weighted by Crippen LogP contribution is -2.21. The van der Waals surface area contributed by atoms with Gasteiger partial charge in [-0.05, 0) is 58.0 Å². The number of benzene rings is 2. The summed E-state index contributed by atoms with van der Waals surface area (Å²) in [6.45, 7) is 5.81. The highest BCUT2D eigenvalue weighted by molar-refractivity contribution is 14.1. The van der Waals surface area contributed by atoms with Gasteiger partial charge in [0.25, 0.3) is 0 Å². The Morgan fingerprint density at radius 1 is 0.950 bits per heavy atom. The standard InChI is InChI=1S/C17H20INO/c1-13(2)19-11-14-5-9-17(10-6-14)20-12-15-3-7-16(18)8-4-15/h3-10,13,19H,11-12H2,1-2H3. The summed E-state index contributed by atoms with van der Waals surface area (Å²) in [5.41, 5.74) is 2.47. The summed E-state index contributed by atoms with van der Waals surface area (Å²) in [5, 5.41) is 3.40. The quantitative estimate of drug-likeness (QED) is 0.751. The smallest absolute Gasteiger partial charge is 0.119 e. The third-order valence-electron chi connectivity index (χ3n) is 2.96. The third-order valence-corrected chi connectivity index (χ3v) is 3.68. The summed E-state index contributed by atoms with van der Waals surface area (Å²) < 4.78 is 7.03. The van der Waals surface area contributed by atoms with Crippen LogP contribution in [0.4, 0.5) is 0 Å². The van der Waals surface area contributed by atoms with Gasteiger partial charge in [-0.25, -0.2) is 0 Å². The fraction of sp³-hybridized carbons (Fsp3) is 0.294. The van der Waals surface area contributed by atoms with E-state index in [1.165, 1.54) is 14.7 Å². The molecule has 0 spiro atoms. The summed E-state index contributed by atoms with van der Waals surface area (Å²) in [6.07, 6.45) is 0. The average Bonchev–Trinajstić information content (AvgIpc) is 2.45. The van der Waals surface area contributed by atoms with Crippen molar-refractivity contribution in [3.05, 3.63) is 63.2 Å². The van der Waals surface area contributed by atoms with E-state index < -0.39 is 0 Å². The lowest BCUT2D eigenvalue weighted by atomic mass is 10.2. The molecule has 0 aliphatic rings. The van der Waals surface area contributed by atoms with Gasteiger partial charge in [0.2, 0.25) is 0 Å². The van der Waals surface area contributed by atoms with Crippen LogP contribution >= 0.6 is 22.6 Å². The molecule has 3 heteroatoms. The van der Waals surface area contributed by atoms with Gasteiger partial charge < -0.3 is 10.1 Å². The summed E-state index contributed by atoms with van der Waals surface area (Å²) in [4.78, 5) is 0. The van der Waals surface area contributed by atoms with E-state index in [-0.39, 0.29) is 0 Å². The Bertz CT molecular complexity index is 520. The Morgan fingerprint density at radius 3 is 2.15 bits per heavy atom. The second kappa shape index (κ2) is 7.64. The van der Waals surface area contributed by atoms with Crippen molar-refractivity contribution >= 4 is 22.6 Å². The first-order valence-electron chi connectivity index (χ1n) is 6.83. The van der Waals surface area contributed by atoms with Crippen LogP contribution in [-0.4, -0.2) is 6.04 Å². The number of halogens is 1. The SMILES string of the molecule is CC(C)NCc1ccc(OCc2ccc(I)cc2)cc1. The van der Waals surface area contributed by atoms with Crippen LogP contribution in [0.1, 0.15) is 25.0 Å². The first-order valence-corrected chi connectivity index (χ1v) is 7.91. The van der Waals surface area contributed by atoms with Gasteiger partial charge in [0, 0.05) is 16.2 Å². The van der Waals surface area contributed by atoms with E-state index in [0.717, 1.165) is 12.3 Å². The van der Waals surface area contributed by atoms with Gasteiger partial charge in [-0.1, -0.05) is 38.1 Å². The maximum absolute atomic E-state index is 5.79. The molecule has 2 nitrogen and oxygen atoms in total.